The first-order chi connectivity index (χ1) is 8.78. The lowest BCUT2D eigenvalue weighted by Gasteiger charge is -2.09. The molecular weight excluding hydrogens is 228 g/mol. The number of ether oxygens (including phenoxy) is 1. The Hall–Kier alpha value is -1.55. The van der Waals surface area contributed by atoms with Crippen LogP contribution in [0.2, 0.25) is 0 Å². The summed E-state index contributed by atoms with van der Waals surface area (Å²) >= 11 is 0. The predicted octanol–water partition coefficient (Wildman–Crippen LogP) is 1.31. The molecule has 2 rings (SSSR count). The minimum atomic E-state index is 0.131. The molecule has 0 saturated carbocycles. The molecule has 1 aliphatic heterocycles. The van der Waals surface area contributed by atoms with E-state index >= 15 is 0 Å². The van der Waals surface area contributed by atoms with Gasteiger partial charge in [0.1, 0.15) is 5.75 Å². The van der Waals surface area contributed by atoms with E-state index in [0.717, 1.165) is 30.8 Å². The molecular formula is C14H20N2O2. The molecule has 1 saturated heterocycles. The Morgan fingerprint density at radius 2 is 2.44 bits per heavy atom. The molecule has 1 aliphatic rings. The van der Waals surface area contributed by atoms with Crippen LogP contribution in [0.5, 0.6) is 5.75 Å². The maximum absolute atomic E-state index is 11.8. The van der Waals surface area contributed by atoms with Gasteiger partial charge in [-0.15, -0.1) is 0 Å². The van der Waals surface area contributed by atoms with Gasteiger partial charge in [-0.2, -0.15) is 0 Å². The normalized spacial score (nSPS) is 18.6. The molecule has 0 spiro atoms. The number of carbonyl (C=O) groups excluding carboxylic acids is 1. The van der Waals surface area contributed by atoms with Crippen LogP contribution in [-0.2, 0) is 11.3 Å². The van der Waals surface area contributed by atoms with Crippen molar-refractivity contribution >= 4 is 5.91 Å². The molecule has 18 heavy (non-hydrogen) atoms. The Bertz CT molecular complexity index is 401. The summed E-state index contributed by atoms with van der Waals surface area (Å²) in [6.07, 6.45) is 1.73. The van der Waals surface area contributed by atoms with Crippen molar-refractivity contribution < 1.29 is 9.53 Å². The summed E-state index contributed by atoms with van der Waals surface area (Å²) in [5.74, 6) is 1.45. The molecule has 0 bridgehead atoms. The van der Waals surface area contributed by atoms with Gasteiger partial charge in [-0.1, -0.05) is 12.1 Å². The van der Waals surface area contributed by atoms with Crippen LogP contribution in [0.15, 0.2) is 24.3 Å². The first-order valence-electron chi connectivity index (χ1n) is 6.38. The molecule has 0 aromatic heterocycles. The molecule has 1 unspecified atom stereocenters. The fourth-order valence-corrected chi connectivity index (χ4v) is 2.21. The SMILES string of the molecule is COc1cccc(CNC(=O)CC2CCNC2)c1. The smallest absolute Gasteiger partial charge is 0.220 e. The monoisotopic (exact) mass is 248 g/mol. The second-order valence-electron chi connectivity index (χ2n) is 4.69. The Labute approximate surface area is 108 Å². The molecule has 98 valence electrons. The third-order valence-corrected chi connectivity index (χ3v) is 3.26. The van der Waals surface area contributed by atoms with Crippen molar-refractivity contribution in [3.8, 4) is 5.75 Å². The summed E-state index contributed by atoms with van der Waals surface area (Å²) in [5.41, 5.74) is 1.06. The molecule has 1 aromatic rings. The number of methoxy groups -OCH3 is 1. The van der Waals surface area contributed by atoms with Crippen LogP contribution < -0.4 is 15.4 Å². The van der Waals surface area contributed by atoms with Gasteiger partial charge in [-0.3, -0.25) is 4.79 Å². The number of carbonyl (C=O) groups is 1. The molecule has 0 aliphatic carbocycles. The molecule has 4 heteroatoms. The van der Waals surface area contributed by atoms with Crippen molar-refractivity contribution in [3.05, 3.63) is 29.8 Å². The third kappa shape index (κ3) is 3.74. The number of hydrogen-bond acceptors (Lipinski definition) is 3. The van der Waals surface area contributed by atoms with E-state index in [2.05, 4.69) is 10.6 Å². The second kappa shape index (κ2) is 6.40. The molecule has 0 radical (unpaired) electrons. The van der Waals surface area contributed by atoms with Gasteiger partial charge < -0.3 is 15.4 Å². The lowest BCUT2D eigenvalue weighted by molar-refractivity contribution is -0.122. The summed E-state index contributed by atoms with van der Waals surface area (Å²) in [6.45, 7) is 2.57. The van der Waals surface area contributed by atoms with Crippen molar-refractivity contribution in [1.82, 2.24) is 10.6 Å². The average Bonchev–Trinajstić information content (AvgIpc) is 2.89. The van der Waals surface area contributed by atoms with Gasteiger partial charge >= 0.3 is 0 Å². The van der Waals surface area contributed by atoms with Crippen LogP contribution in [0.25, 0.3) is 0 Å². The summed E-state index contributed by atoms with van der Waals surface area (Å²) in [4.78, 5) is 11.8. The van der Waals surface area contributed by atoms with Crippen LogP contribution in [0, 0.1) is 5.92 Å². The summed E-state index contributed by atoms with van der Waals surface area (Å²) in [6, 6.07) is 7.76. The van der Waals surface area contributed by atoms with Gasteiger partial charge in [0, 0.05) is 13.0 Å². The molecule has 1 aromatic carbocycles. The van der Waals surface area contributed by atoms with Crippen LogP contribution in [0.3, 0.4) is 0 Å². The Kier molecular flexibility index (Phi) is 4.59. The van der Waals surface area contributed by atoms with E-state index < -0.39 is 0 Å². The van der Waals surface area contributed by atoms with E-state index in [9.17, 15) is 4.79 Å². The largest absolute Gasteiger partial charge is 0.497 e. The zero-order valence-electron chi connectivity index (χ0n) is 10.7. The Morgan fingerprint density at radius 1 is 1.56 bits per heavy atom. The standard InChI is InChI=1S/C14H20N2O2/c1-18-13-4-2-3-11(7-13)10-16-14(17)8-12-5-6-15-9-12/h2-4,7,12,15H,5-6,8-10H2,1H3,(H,16,17). The van der Waals surface area contributed by atoms with Crippen molar-refractivity contribution in [2.45, 2.75) is 19.4 Å². The maximum Gasteiger partial charge on any atom is 0.220 e. The number of hydrogen-bond donors (Lipinski definition) is 2. The summed E-state index contributed by atoms with van der Waals surface area (Å²) in [5, 5.41) is 6.22. The molecule has 1 atom stereocenters. The highest BCUT2D eigenvalue weighted by Gasteiger charge is 2.17. The number of nitrogens with one attached hydrogen (secondary N) is 2. The Morgan fingerprint density at radius 3 is 3.17 bits per heavy atom. The van der Waals surface area contributed by atoms with E-state index in [0.29, 0.717) is 18.9 Å². The zero-order chi connectivity index (χ0) is 12.8. The predicted molar refractivity (Wildman–Crippen MR) is 70.4 cm³/mol. The van der Waals surface area contributed by atoms with Crippen molar-refractivity contribution in [3.63, 3.8) is 0 Å². The van der Waals surface area contributed by atoms with E-state index in [1.54, 1.807) is 7.11 Å². The van der Waals surface area contributed by atoms with E-state index in [1.807, 2.05) is 24.3 Å². The minimum absolute atomic E-state index is 0.131. The highest BCUT2D eigenvalue weighted by atomic mass is 16.5. The third-order valence-electron chi connectivity index (χ3n) is 3.26. The van der Waals surface area contributed by atoms with Crippen LogP contribution >= 0.6 is 0 Å². The lowest BCUT2D eigenvalue weighted by atomic mass is 10.0. The molecule has 1 fully saturated rings. The first kappa shape index (κ1) is 12.9. The van der Waals surface area contributed by atoms with E-state index in [-0.39, 0.29) is 5.91 Å². The maximum atomic E-state index is 11.8. The van der Waals surface area contributed by atoms with Gasteiger partial charge in [-0.05, 0) is 43.1 Å². The first-order valence-corrected chi connectivity index (χ1v) is 6.38. The highest BCUT2D eigenvalue weighted by Crippen LogP contribution is 2.13. The highest BCUT2D eigenvalue weighted by molar-refractivity contribution is 5.76. The van der Waals surface area contributed by atoms with Gasteiger partial charge in [-0.25, -0.2) is 0 Å². The molecule has 1 amide bonds. The number of rotatable bonds is 5. The topological polar surface area (TPSA) is 50.4 Å². The summed E-state index contributed by atoms with van der Waals surface area (Å²) in [7, 11) is 1.64. The van der Waals surface area contributed by atoms with Crippen molar-refractivity contribution in [2.75, 3.05) is 20.2 Å². The molecule has 1 heterocycles. The minimum Gasteiger partial charge on any atom is -0.497 e. The van der Waals surface area contributed by atoms with Gasteiger partial charge in [0.05, 0.1) is 7.11 Å². The fraction of sp³-hybridized carbons (Fsp3) is 0.500. The zero-order valence-corrected chi connectivity index (χ0v) is 10.7. The van der Waals surface area contributed by atoms with Crippen LogP contribution in [0.4, 0.5) is 0 Å². The fourth-order valence-electron chi connectivity index (χ4n) is 2.21. The number of amides is 1. The van der Waals surface area contributed by atoms with E-state index in [4.69, 9.17) is 4.74 Å². The lowest BCUT2D eigenvalue weighted by Crippen LogP contribution is -2.25. The molecule has 4 nitrogen and oxygen atoms in total. The van der Waals surface area contributed by atoms with Gasteiger partial charge in [0.25, 0.3) is 0 Å². The average molecular weight is 248 g/mol. The summed E-state index contributed by atoms with van der Waals surface area (Å²) < 4.78 is 5.15. The van der Waals surface area contributed by atoms with Crippen molar-refractivity contribution in [1.29, 1.82) is 0 Å². The Balaban J connectivity index is 1.77. The van der Waals surface area contributed by atoms with Crippen LogP contribution in [0.1, 0.15) is 18.4 Å². The van der Waals surface area contributed by atoms with E-state index in [1.165, 1.54) is 0 Å². The molecule has 2 N–H and O–H groups in total. The van der Waals surface area contributed by atoms with Crippen molar-refractivity contribution in [2.24, 2.45) is 5.92 Å². The van der Waals surface area contributed by atoms with Crippen LogP contribution in [-0.4, -0.2) is 26.1 Å². The van der Waals surface area contributed by atoms with Gasteiger partial charge in [0.15, 0.2) is 0 Å². The van der Waals surface area contributed by atoms with Gasteiger partial charge in [0.2, 0.25) is 5.91 Å². The second-order valence-corrected chi connectivity index (χ2v) is 4.69. The quantitative estimate of drug-likeness (QED) is 0.826. The number of benzene rings is 1.